The largest absolute Gasteiger partial charge is 0.494 e. The smallest absolute Gasteiger partial charge is 0.244 e. The van der Waals surface area contributed by atoms with Crippen molar-refractivity contribution >= 4 is 24.0 Å². The minimum atomic E-state index is -0.711. The van der Waals surface area contributed by atoms with Crippen molar-refractivity contribution in [1.29, 1.82) is 0 Å². The van der Waals surface area contributed by atoms with E-state index < -0.39 is 5.54 Å². The molecule has 5 heteroatoms. The number of unbranched alkanes of at least 4 members (excludes halogenated alkanes) is 1. The van der Waals surface area contributed by atoms with Gasteiger partial charge in [0.1, 0.15) is 5.75 Å². The Kier molecular flexibility index (Phi) is 7.69. The Bertz CT molecular complexity index is 473. The van der Waals surface area contributed by atoms with Crippen LogP contribution in [0.1, 0.15) is 51.9 Å². The Morgan fingerprint density at radius 1 is 1.32 bits per heavy atom. The van der Waals surface area contributed by atoms with Crippen molar-refractivity contribution in [2.75, 3.05) is 11.9 Å². The molecule has 22 heavy (non-hydrogen) atoms. The number of anilines is 1. The molecule has 1 aromatic carbocycles. The molecular formula is C17H27ClN2O2. The van der Waals surface area contributed by atoms with Gasteiger partial charge in [-0.2, -0.15) is 0 Å². The van der Waals surface area contributed by atoms with Gasteiger partial charge in [0, 0.05) is 11.8 Å². The summed E-state index contributed by atoms with van der Waals surface area (Å²) in [4.78, 5) is 12.4. The molecule has 1 fully saturated rings. The maximum absolute atomic E-state index is 12.4. The Hall–Kier alpha value is -1.26. The fraction of sp³-hybridized carbons (Fsp3) is 0.588. The molecule has 1 saturated carbocycles. The van der Waals surface area contributed by atoms with Gasteiger partial charge in [-0.3, -0.25) is 4.79 Å². The first kappa shape index (κ1) is 18.8. The lowest BCUT2D eigenvalue weighted by Crippen LogP contribution is -2.52. The van der Waals surface area contributed by atoms with E-state index in [0.717, 1.165) is 50.0 Å². The zero-order chi connectivity index (χ0) is 15.1. The Morgan fingerprint density at radius 3 is 2.73 bits per heavy atom. The molecule has 2 rings (SSSR count). The van der Waals surface area contributed by atoms with Gasteiger partial charge < -0.3 is 15.8 Å². The molecule has 0 bridgehead atoms. The quantitative estimate of drug-likeness (QED) is 0.779. The third-order valence-corrected chi connectivity index (χ3v) is 4.06. The molecule has 4 nitrogen and oxygen atoms in total. The van der Waals surface area contributed by atoms with E-state index in [-0.39, 0.29) is 18.3 Å². The van der Waals surface area contributed by atoms with Crippen molar-refractivity contribution in [3.8, 4) is 5.75 Å². The van der Waals surface area contributed by atoms with Crippen LogP contribution < -0.4 is 15.8 Å². The van der Waals surface area contributed by atoms with Crippen molar-refractivity contribution in [2.24, 2.45) is 5.73 Å². The van der Waals surface area contributed by atoms with Gasteiger partial charge in [0.15, 0.2) is 0 Å². The predicted molar refractivity (Wildman–Crippen MR) is 92.7 cm³/mol. The van der Waals surface area contributed by atoms with Gasteiger partial charge in [0.25, 0.3) is 0 Å². The van der Waals surface area contributed by atoms with Crippen LogP contribution in [0.5, 0.6) is 5.75 Å². The summed E-state index contributed by atoms with van der Waals surface area (Å²) in [6, 6.07) is 7.53. The minimum absolute atomic E-state index is 0. The zero-order valence-electron chi connectivity index (χ0n) is 13.3. The second-order valence-corrected chi connectivity index (χ2v) is 5.90. The molecule has 1 aliphatic carbocycles. The Balaban J connectivity index is 0.00000242. The van der Waals surface area contributed by atoms with Crippen molar-refractivity contribution in [3.63, 3.8) is 0 Å². The fourth-order valence-electron chi connectivity index (χ4n) is 2.66. The number of hydrogen-bond acceptors (Lipinski definition) is 3. The molecule has 0 heterocycles. The Labute approximate surface area is 139 Å². The topological polar surface area (TPSA) is 64.3 Å². The van der Waals surface area contributed by atoms with E-state index in [1.54, 1.807) is 0 Å². The summed E-state index contributed by atoms with van der Waals surface area (Å²) >= 11 is 0. The molecule has 0 saturated heterocycles. The SMILES string of the molecule is CCCCOc1cccc(NC(=O)C2(N)CCCCC2)c1.Cl. The number of carbonyl (C=O) groups excluding carboxylic acids is 1. The van der Waals surface area contributed by atoms with E-state index in [4.69, 9.17) is 10.5 Å². The van der Waals surface area contributed by atoms with Crippen molar-refractivity contribution in [1.82, 2.24) is 0 Å². The van der Waals surface area contributed by atoms with E-state index in [0.29, 0.717) is 6.61 Å². The lowest BCUT2D eigenvalue weighted by molar-refractivity contribution is -0.122. The summed E-state index contributed by atoms with van der Waals surface area (Å²) in [5.41, 5.74) is 6.29. The number of nitrogens with one attached hydrogen (secondary N) is 1. The Morgan fingerprint density at radius 2 is 2.05 bits per heavy atom. The van der Waals surface area contributed by atoms with Crippen LogP contribution in [0.3, 0.4) is 0 Å². The third-order valence-electron chi connectivity index (χ3n) is 4.06. The van der Waals surface area contributed by atoms with Crippen molar-refractivity contribution < 1.29 is 9.53 Å². The van der Waals surface area contributed by atoms with Crippen LogP contribution in [-0.2, 0) is 4.79 Å². The fourth-order valence-corrected chi connectivity index (χ4v) is 2.66. The van der Waals surface area contributed by atoms with Gasteiger partial charge in [0.2, 0.25) is 5.91 Å². The number of benzene rings is 1. The van der Waals surface area contributed by atoms with Crippen LogP contribution in [0.2, 0.25) is 0 Å². The van der Waals surface area contributed by atoms with Crippen molar-refractivity contribution in [2.45, 2.75) is 57.4 Å². The lowest BCUT2D eigenvalue weighted by Gasteiger charge is -2.31. The summed E-state index contributed by atoms with van der Waals surface area (Å²) in [7, 11) is 0. The molecular weight excluding hydrogens is 300 g/mol. The molecule has 3 N–H and O–H groups in total. The first-order valence-electron chi connectivity index (χ1n) is 7.97. The number of rotatable bonds is 6. The van der Waals surface area contributed by atoms with E-state index in [9.17, 15) is 4.79 Å². The first-order valence-corrected chi connectivity index (χ1v) is 7.97. The van der Waals surface area contributed by atoms with Crippen LogP contribution in [-0.4, -0.2) is 18.1 Å². The molecule has 1 amide bonds. The summed E-state index contributed by atoms with van der Waals surface area (Å²) in [5.74, 6) is 0.712. The number of halogens is 1. The normalized spacial score (nSPS) is 16.5. The number of nitrogens with two attached hydrogens (primary N) is 1. The number of hydrogen-bond donors (Lipinski definition) is 2. The molecule has 0 spiro atoms. The first-order chi connectivity index (χ1) is 10.1. The molecule has 0 aromatic heterocycles. The highest BCUT2D eigenvalue weighted by Gasteiger charge is 2.35. The number of carbonyl (C=O) groups is 1. The highest BCUT2D eigenvalue weighted by atomic mass is 35.5. The molecule has 1 aliphatic rings. The summed E-state index contributed by atoms with van der Waals surface area (Å²) in [5, 5.41) is 2.94. The molecule has 124 valence electrons. The van der Waals surface area contributed by atoms with E-state index in [2.05, 4.69) is 12.2 Å². The summed E-state index contributed by atoms with van der Waals surface area (Å²) < 4.78 is 5.66. The van der Waals surface area contributed by atoms with E-state index >= 15 is 0 Å². The maximum atomic E-state index is 12.4. The zero-order valence-corrected chi connectivity index (χ0v) is 14.1. The van der Waals surface area contributed by atoms with E-state index in [1.165, 1.54) is 6.42 Å². The molecule has 0 atom stereocenters. The second-order valence-electron chi connectivity index (χ2n) is 5.90. The van der Waals surface area contributed by atoms with Crippen LogP contribution in [0.25, 0.3) is 0 Å². The average molecular weight is 327 g/mol. The van der Waals surface area contributed by atoms with Crippen LogP contribution in [0, 0.1) is 0 Å². The van der Waals surface area contributed by atoms with Gasteiger partial charge in [-0.25, -0.2) is 0 Å². The van der Waals surface area contributed by atoms with Gasteiger partial charge in [-0.1, -0.05) is 38.7 Å². The molecule has 0 aliphatic heterocycles. The summed E-state index contributed by atoms with van der Waals surface area (Å²) in [6.45, 7) is 2.83. The highest BCUT2D eigenvalue weighted by Crippen LogP contribution is 2.27. The predicted octanol–water partition coefficient (Wildman–Crippen LogP) is 3.89. The van der Waals surface area contributed by atoms with Crippen LogP contribution in [0.15, 0.2) is 24.3 Å². The van der Waals surface area contributed by atoms with Crippen molar-refractivity contribution in [3.05, 3.63) is 24.3 Å². The monoisotopic (exact) mass is 326 g/mol. The third kappa shape index (κ3) is 5.18. The van der Waals surface area contributed by atoms with Gasteiger partial charge >= 0.3 is 0 Å². The van der Waals surface area contributed by atoms with Gasteiger partial charge in [0.05, 0.1) is 12.1 Å². The van der Waals surface area contributed by atoms with E-state index in [1.807, 2.05) is 24.3 Å². The lowest BCUT2D eigenvalue weighted by atomic mass is 9.82. The molecule has 0 radical (unpaired) electrons. The molecule has 1 aromatic rings. The van der Waals surface area contributed by atoms with Gasteiger partial charge in [-0.05, 0) is 31.4 Å². The average Bonchev–Trinajstić information content (AvgIpc) is 2.49. The second kappa shape index (κ2) is 9.01. The standard InChI is InChI=1S/C17H26N2O2.ClH/c1-2-3-12-21-15-9-7-8-14(13-15)19-16(20)17(18)10-5-4-6-11-17;/h7-9,13H,2-6,10-12,18H2,1H3,(H,19,20);1H. The minimum Gasteiger partial charge on any atom is -0.494 e. The highest BCUT2D eigenvalue weighted by molar-refractivity contribution is 5.98. The number of amides is 1. The maximum Gasteiger partial charge on any atom is 0.244 e. The van der Waals surface area contributed by atoms with Crippen LogP contribution in [0.4, 0.5) is 5.69 Å². The number of ether oxygens (including phenoxy) is 1. The van der Waals surface area contributed by atoms with Gasteiger partial charge in [-0.15, -0.1) is 12.4 Å². The molecule has 0 unspecified atom stereocenters. The summed E-state index contributed by atoms with van der Waals surface area (Å²) in [6.07, 6.45) is 6.91. The van der Waals surface area contributed by atoms with Crippen LogP contribution >= 0.6 is 12.4 Å².